The molecule has 0 saturated heterocycles. The van der Waals surface area contributed by atoms with Gasteiger partial charge < -0.3 is 0 Å². The average molecular weight is 369 g/mol. The van der Waals surface area contributed by atoms with Crippen LogP contribution in [0.25, 0.3) is 0 Å². The molecule has 2 atom stereocenters. The summed E-state index contributed by atoms with van der Waals surface area (Å²) in [5.74, 6) is 1.14. The van der Waals surface area contributed by atoms with Crippen LogP contribution in [0.5, 0.6) is 0 Å². The van der Waals surface area contributed by atoms with Crippen molar-refractivity contribution in [2.24, 2.45) is 0 Å². The van der Waals surface area contributed by atoms with Gasteiger partial charge in [-0.05, 0) is 51.0 Å². The molecule has 0 bridgehead atoms. The number of rotatable bonds is 2. The van der Waals surface area contributed by atoms with Crippen molar-refractivity contribution in [3.63, 3.8) is 0 Å². The van der Waals surface area contributed by atoms with Gasteiger partial charge in [-0.15, -0.1) is 22.7 Å². The van der Waals surface area contributed by atoms with Crippen LogP contribution in [0.1, 0.15) is 62.2 Å². The van der Waals surface area contributed by atoms with Gasteiger partial charge in [-0.25, -0.2) is 9.97 Å². The van der Waals surface area contributed by atoms with Gasteiger partial charge in [-0.3, -0.25) is 4.68 Å². The highest BCUT2D eigenvalue weighted by Crippen LogP contribution is 2.42. The van der Waals surface area contributed by atoms with Crippen molar-refractivity contribution < 1.29 is 0 Å². The van der Waals surface area contributed by atoms with Crippen LogP contribution in [-0.4, -0.2) is 19.7 Å². The first-order valence-corrected chi connectivity index (χ1v) is 11.0. The molecule has 25 heavy (non-hydrogen) atoms. The van der Waals surface area contributed by atoms with Crippen LogP contribution in [0.15, 0.2) is 11.6 Å². The number of thiazole rings is 2. The van der Waals surface area contributed by atoms with E-state index in [0.717, 1.165) is 25.8 Å². The van der Waals surface area contributed by atoms with Crippen molar-refractivity contribution in [2.45, 2.75) is 63.3 Å². The molecule has 0 fully saturated rings. The Balaban J connectivity index is 1.21. The highest BCUT2D eigenvalue weighted by molar-refractivity contribution is 7.12. The normalized spacial score (nSPS) is 24.3. The summed E-state index contributed by atoms with van der Waals surface area (Å²) in [4.78, 5) is 12.6. The highest BCUT2D eigenvalue weighted by atomic mass is 32.1. The summed E-state index contributed by atoms with van der Waals surface area (Å²) < 4.78 is 2.22. The van der Waals surface area contributed by atoms with Crippen molar-refractivity contribution in [2.75, 3.05) is 0 Å². The van der Waals surface area contributed by atoms with E-state index in [-0.39, 0.29) is 0 Å². The molecule has 0 saturated carbocycles. The van der Waals surface area contributed by atoms with Gasteiger partial charge in [0, 0.05) is 33.8 Å². The van der Waals surface area contributed by atoms with Crippen molar-refractivity contribution >= 4 is 22.7 Å². The van der Waals surface area contributed by atoms with Gasteiger partial charge in [0.2, 0.25) is 0 Å². The summed E-state index contributed by atoms with van der Waals surface area (Å²) in [5.41, 5.74) is 7.40. The maximum Gasteiger partial charge on any atom is 0.0966 e. The molecule has 1 aliphatic heterocycles. The highest BCUT2D eigenvalue weighted by Gasteiger charge is 2.32. The van der Waals surface area contributed by atoms with E-state index in [0.29, 0.717) is 11.8 Å². The van der Waals surface area contributed by atoms with Crippen LogP contribution in [0.4, 0.5) is 0 Å². The summed E-state index contributed by atoms with van der Waals surface area (Å²) >= 11 is 3.78. The summed E-state index contributed by atoms with van der Waals surface area (Å²) in [5, 5.41) is 6.21. The quantitative estimate of drug-likeness (QED) is 0.689. The number of aryl methyl sites for hydroxylation is 3. The van der Waals surface area contributed by atoms with Crippen molar-refractivity contribution in [1.29, 1.82) is 0 Å². The molecule has 4 heterocycles. The lowest BCUT2D eigenvalue weighted by Crippen LogP contribution is -2.11. The predicted molar refractivity (Wildman–Crippen MR) is 99.7 cm³/mol. The van der Waals surface area contributed by atoms with Crippen LogP contribution in [0.2, 0.25) is 0 Å². The van der Waals surface area contributed by atoms with E-state index in [1.54, 1.807) is 0 Å². The van der Waals surface area contributed by atoms with E-state index in [1.807, 2.05) is 28.2 Å². The molecule has 6 rings (SSSR count). The Labute approximate surface area is 155 Å². The smallest absolute Gasteiger partial charge is 0.0966 e. The zero-order chi connectivity index (χ0) is 16.4. The molecule has 128 valence electrons. The predicted octanol–water partition coefficient (Wildman–Crippen LogP) is 3.90. The zero-order valence-corrected chi connectivity index (χ0v) is 15.7. The van der Waals surface area contributed by atoms with Crippen LogP contribution < -0.4 is 0 Å². The van der Waals surface area contributed by atoms with Crippen molar-refractivity contribution in [3.8, 4) is 0 Å². The summed E-state index contributed by atoms with van der Waals surface area (Å²) in [6.07, 6.45) is 8.17. The second kappa shape index (κ2) is 5.48. The van der Waals surface area contributed by atoms with Gasteiger partial charge in [0.25, 0.3) is 0 Å². The van der Waals surface area contributed by atoms with Crippen molar-refractivity contribution in [3.05, 3.63) is 49.1 Å². The Hall–Kier alpha value is -1.53. The fourth-order valence-corrected chi connectivity index (χ4v) is 6.75. The van der Waals surface area contributed by atoms with Gasteiger partial charge in [0.1, 0.15) is 0 Å². The van der Waals surface area contributed by atoms with E-state index in [1.165, 1.54) is 63.2 Å². The average Bonchev–Trinajstić information content (AvgIpc) is 3.36. The summed E-state index contributed by atoms with van der Waals surface area (Å²) in [6, 6.07) is 2.35. The molecule has 2 aliphatic carbocycles. The molecule has 3 aromatic rings. The first-order valence-electron chi connectivity index (χ1n) is 9.30. The van der Waals surface area contributed by atoms with E-state index >= 15 is 0 Å². The first-order chi connectivity index (χ1) is 12.3. The SMILES string of the molecule is c1nc2c(s1)CCC(c1nc3c(s1)CC(c1cc4n(n1)CCC4)C3)C2. The second-order valence-electron chi connectivity index (χ2n) is 7.58. The lowest BCUT2D eigenvalue weighted by atomic mass is 9.91. The van der Waals surface area contributed by atoms with Gasteiger partial charge in [-0.1, -0.05) is 0 Å². The number of hydrogen-bond donors (Lipinski definition) is 0. The molecule has 0 aromatic carbocycles. The summed E-state index contributed by atoms with van der Waals surface area (Å²) in [6.45, 7) is 1.10. The maximum absolute atomic E-state index is 5.07. The third-order valence-electron chi connectivity index (χ3n) is 6.00. The minimum Gasteiger partial charge on any atom is -0.269 e. The molecule has 6 heteroatoms. The molecular formula is C19H20N4S2. The number of nitrogens with zero attached hydrogens (tertiary/aromatic N) is 4. The Kier molecular flexibility index (Phi) is 3.21. The topological polar surface area (TPSA) is 43.6 Å². The molecule has 0 N–H and O–H groups in total. The lowest BCUT2D eigenvalue weighted by Gasteiger charge is -2.19. The minimum atomic E-state index is 0.553. The molecular weight excluding hydrogens is 348 g/mol. The Bertz CT molecular complexity index is 906. The molecule has 3 aromatic heterocycles. The minimum absolute atomic E-state index is 0.553. The Morgan fingerprint density at radius 2 is 2.00 bits per heavy atom. The fourth-order valence-electron chi connectivity index (χ4n) is 4.63. The van der Waals surface area contributed by atoms with E-state index in [2.05, 4.69) is 15.7 Å². The number of hydrogen-bond acceptors (Lipinski definition) is 5. The molecule has 0 amide bonds. The van der Waals surface area contributed by atoms with E-state index in [4.69, 9.17) is 10.1 Å². The molecule has 2 unspecified atom stereocenters. The van der Waals surface area contributed by atoms with E-state index in [9.17, 15) is 0 Å². The van der Waals surface area contributed by atoms with Crippen LogP contribution >= 0.6 is 22.7 Å². The fraction of sp³-hybridized carbons (Fsp3) is 0.526. The molecule has 3 aliphatic rings. The largest absolute Gasteiger partial charge is 0.269 e. The van der Waals surface area contributed by atoms with Crippen LogP contribution in [0.3, 0.4) is 0 Å². The third-order valence-corrected chi connectivity index (χ3v) is 8.22. The van der Waals surface area contributed by atoms with Gasteiger partial charge in [0.15, 0.2) is 0 Å². The Morgan fingerprint density at radius 1 is 1.04 bits per heavy atom. The van der Waals surface area contributed by atoms with Crippen LogP contribution in [-0.2, 0) is 38.6 Å². The summed E-state index contributed by atoms with van der Waals surface area (Å²) in [7, 11) is 0. The van der Waals surface area contributed by atoms with Crippen molar-refractivity contribution in [1.82, 2.24) is 19.7 Å². The third kappa shape index (κ3) is 2.34. The first kappa shape index (κ1) is 14.6. The Morgan fingerprint density at radius 3 is 2.92 bits per heavy atom. The molecule has 0 radical (unpaired) electrons. The number of aromatic nitrogens is 4. The maximum atomic E-state index is 5.07. The zero-order valence-electron chi connectivity index (χ0n) is 14.1. The van der Waals surface area contributed by atoms with Gasteiger partial charge in [-0.2, -0.15) is 5.10 Å². The standard InChI is InChI=1S/C19H20N4S2/c1-2-13-9-14(22-23(13)5-1)12-7-16-18(8-12)25-19(21-16)11-3-4-17-15(6-11)20-10-24-17/h9-12H,1-8H2. The monoisotopic (exact) mass is 368 g/mol. The number of fused-ring (bicyclic) bond motifs is 3. The van der Waals surface area contributed by atoms with Gasteiger partial charge >= 0.3 is 0 Å². The van der Waals surface area contributed by atoms with Gasteiger partial charge in [0.05, 0.1) is 27.6 Å². The van der Waals surface area contributed by atoms with E-state index < -0.39 is 0 Å². The lowest BCUT2D eigenvalue weighted by molar-refractivity contribution is 0.576. The molecule has 4 nitrogen and oxygen atoms in total. The second-order valence-corrected chi connectivity index (χ2v) is 9.63. The van der Waals surface area contributed by atoms with Crippen LogP contribution in [0, 0.1) is 0 Å². The molecule has 0 spiro atoms.